The van der Waals surface area contributed by atoms with E-state index in [1.807, 2.05) is 25.1 Å². The van der Waals surface area contributed by atoms with Crippen LogP contribution in [0.3, 0.4) is 0 Å². The lowest BCUT2D eigenvalue weighted by Gasteiger charge is -2.12. The van der Waals surface area contributed by atoms with Gasteiger partial charge in [-0.25, -0.2) is 9.13 Å². The zero-order chi connectivity index (χ0) is 10.0. The van der Waals surface area contributed by atoms with Crippen molar-refractivity contribution in [2.75, 3.05) is 19.0 Å². The highest BCUT2D eigenvalue weighted by molar-refractivity contribution is 7.40. The number of benzene rings is 1. The largest absolute Gasteiger partial charge is 0.378 e. The summed E-state index contributed by atoms with van der Waals surface area (Å²) in [7, 11) is 1.38. The maximum Gasteiger partial charge on any atom is 0.348 e. The first kappa shape index (κ1) is 10.0. The van der Waals surface area contributed by atoms with Crippen molar-refractivity contribution in [1.82, 2.24) is 0 Å². The third-order valence-corrected chi connectivity index (χ3v) is 2.79. The maximum atomic E-state index is 10.7. The fourth-order valence-electron chi connectivity index (χ4n) is 1.12. The normalized spacial score (nSPS) is 9.77. The molecule has 0 aliphatic heterocycles. The maximum absolute atomic E-state index is 10.7. The highest BCUT2D eigenvalue weighted by Crippen LogP contribution is 2.16. The molecule has 0 spiro atoms. The number of rotatable bonds is 2. The van der Waals surface area contributed by atoms with Crippen LogP contribution in [0.4, 0.5) is 5.69 Å². The van der Waals surface area contributed by atoms with E-state index < -0.39 is 7.68 Å². The number of hydrogen-bond acceptors (Lipinski definition) is 3. The summed E-state index contributed by atoms with van der Waals surface area (Å²) in [5.74, 6) is 0. The van der Waals surface area contributed by atoms with Crippen LogP contribution in [0.2, 0.25) is 0 Å². The number of nitrogens with zero attached hydrogens (tertiary/aromatic N) is 1. The van der Waals surface area contributed by atoms with Crippen molar-refractivity contribution < 1.29 is 9.13 Å². The molecule has 0 aliphatic rings. The Kier molecular flexibility index (Phi) is 2.89. The Morgan fingerprint density at radius 1 is 1.23 bits per heavy atom. The lowest BCUT2D eigenvalue weighted by molar-refractivity contribution is 0.523. The molecule has 0 bridgehead atoms. The number of aryl methyl sites for hydroxylation is 1. The van der Waals surface area contributed by atoms with E-state index in [0.29, 0.717) is 5.30 Å². The first-order chi connectivity index (χ1) is 6.02. The highest BCUT2D eigenvalue weighted by Gasteiger charge is 2.04. The van der Waals surface area contributed by atoms with E-state index in [-0.39, 0.29) is 0 Å². The van der Waals surface area contributed by atoms with E-state index in [1.54, 1.807) is 19.1 Å². The van der Waals surface area contributed by atoms with Crippen LogP contribution in [-0.4, -0.2) is 14.1 Å². The minimum Gasteiger partial charge on any atom is -0.378 e. The molecule has 0 amide bonds. The molecule has 1 aromatic rings. The average Bonchev–Trinajstić information content (AvgIpc) is 2.03. The molecule has 3 nitrogen and oxygen atoms in total. The minimum absolute atomic E-state index is 0.403. The molecule has 4 heteroatoms. The third-order valence-electron chi connectivity index (χ3n) is 1.89. The van der Waals surface area contributed by atoms with Crippen molar-refractivity contribution in [2.24, 2.45) is 0 Å². The molecule has 1 aromatic carbocycles. The molecular formula is C9H12NO2P. The summed E-state index contributed by atoms with van der Waals surface area (Å²) >= 11 is 0. The van der Waals surface area contributed by atoms with E-state index in [0.717, 1.165) is 11.3 Å². The van der Waals surface area contributed by atoms with Gasteiger partial charge in [0.1, 0.15) is 0 Å². The summed E-state index contributed by atoms with van der Waals surface area (Å²) in [5.41, 5.74) is 1.81. The van der Waals surface area contributed by atoms with E-state index in [4.69, 9.17) is 0 Å². The molecule has 0 atom stereocenters. The fourth-order valence-corrected chi connectivity index (χ4v) is 1.67. The molecular weight excluding hydrogens is 185 g/mol. The molecule has 13 heavy (non-hydrogen) atoms. The Labute approximate surface area is 78.2 Å². The molecule has 1 rings (SSSR count). The van der Waals surface area contributed by atoms with Crippen molar-refractivity contribution in [2.45, 2.75) is 6.92 Å². The van der Waals surface area contributed by atoms with Crippen molar-refractivity contribution in [1.29, 1.82) is 0 Å². The van der Waals surface area contributed by atoms with Crippen LogP contribution in [0, 0.1) is 6.92 Å². The highest BCUT2D eigenvalue weighted by atomic mass is 31.1. The number of hydrogen-bond donors (Lipinski definition) is 0. The van der Waals surface area contributed by atoms with Gasteiger partial charge in [0.25, 0.3) is 0 Å². The first-order valence-corrected chi connectivity index (χ1v) is 5.12. The quantitative estimate of drug-likeness (QED) is 0.679. The molecule has 0 unspecified atom stereocenters. The van der Waals surface area contributed by atoms with Crippen molar-refractivity contribution >= 4 is 18.7 Å². The zero-order valence-electron chi connectivity index (χ0n) is 7.94. The van der Waals surface area contributed by atoms with Gasteiger partial charge in [0.2, 0.25) is 0 Å². The third kappa shape index (κ3) is 2.19. The fraction of sp³-hybridized carbons (Fsp3) is 0.333. The van der Waals surface area contributed by atoms with Gasteiger partial charge in [-0.3, -0.25) is 0 Å². The van der Waals surface area contributed by atoms with E-state index >= 15 is 0 Å². The van der Waals surface area contributed by atoms with Crippen molar-refractivity contribution in [3.63, 3.8) is 0 Å². The molecule has 0 heterocycles. The molecule has 0 saturated carbocycles. The van der Waals surface area contributed by atoms with Crippen LogP contribution in [0.25, 0.3) is 0 Å². The molecule has 0 aliphatic carbocycles. The number of anilines is 1. The average molecular weight is 197 g/mol. The molecule has 70 valence electrons. The van der Waals surface area contributed by atoms with Gasteiger partial charge in [-0.1, -0.05) is 0 Å². The monoisotopic (exact) mass is 197 g/mol. The van der Waals surface area contributed by atoms with Crippen LogP contribution in [0.15, 0.2) is 18.2 Å². The first-order valence-electron chi connectivity index (χ1n) is 3.94. The van der Waals surface area contributed by atoms with Crippen molar-refractivity contribution in [3.05, 3.63) is 23.8 Å². The SMILES string of the molecule is Cc1cc(N(C)C)ccc1P(=O)=O. The summed E-state index contributed by atoms with van der Waals surface area (Å²) in [4.78, 5) is 1.94. The van der Waals surface area contributed by atoms with Gasteiger partial charge in [0.05, 0.1) is 5.30 Å². The van der Waals surface area contributed by atoms with Crippen LogP contribution < -0.4 is 10.2 Å². The Bertz CT molecular complexity index is 375. The van der Waals surface area contributed by atoms with Crippen LogP contribution >= 0.6 is 7.68 Å². The molecule has 0 N–H and O–H groups in total. The molecule has 0 fully saturated rings. The smallest absolute Gasteiger partial charge is 0.348 e. The summed E-state index contributed by atoms with van der Waals surface area (Å²) in [6.07, 6.45) is 0. The van der Waals surface area contributed by atoms with Gasteiger partial charge in [-0.2, -0.15) is 0 Å². The second-order valence-electron chi connectivity index (χ2n) is 3.12. The summed E-state index contributed by atoms with van der Waals surface area (Å²) < 4.78 is 21.5. The Morgan fingerprint density at radius 3 is 2.23 bits per heavy atom. The lowest BCUT2D eigenvalue weighted by atomic mass is 10.2. The van der Waals surface area contributed by atoms with Crippen molar-refractivity contribution in [3.8, 4) is 0 Å². The van der Waals surface area contributed by atoms with Gasteiger partial charge >= 0.3 is 7.68 Å². The molecule has 0 aromatic heterocycles. The van der Waals surface area contributed by atoms with Crippen LogP contribution in [0.5, 0.6) is 0 Å². The van der Waals surface area contributed by atoms with Gasteiger partial charge in [-0.05, 0) is 30.7 Å². The standard InChI is InChI=1S/C9H12NO2P/c1-7-6-8(10(2)3)4-5-9(7)13(11)12/h4-6H,1-3H3. The van der Waals surface area contributed by atoms with Gasteiger partial charge in [-0.15, -0.1) is 0 Å². The second-order valence-corrected chi connectivity index (χ2v) is 4.12. The van der Waals surface area contributed by atoms with Crippen LogP contribution in [0.1, 0.15) is 5.56 Å². The van der Waals surface area contributed by atoms with Gasteiger partial charge in [0.15, 0.2) is 0 Å². The predicted molar refractivity (Wildman–Crippen MR) is 53.4 cm³/mol. The minimum atomic E-state index is -2.47. The van der Waals surface area contributed by atoms with E-state index in [1.165, 1.54) is 0 Å². The van der Waals surface area contributed by atoms with Gasteiger partial charge < -0.3 is 4.90 Å². The Hall–Kier alpha value is -1.08. The summed E-state index contributed by atoms with van der Waals surface area (Å²) in [5, 5.41) is 0.403. The molecule has 0 radical (unpaired) electrons. The zero-order valence-corrected chi connectivity index (χ0v) is 8.84. The van der Waals surface area contributed by atoms with Crippen LogP contribution in [-0.2, 0) is 9.13 Å². The van der Waals surface area contributed by atoms with E-state index in [2.05, 4.69) is 0 Å². The second kappa shape index (κ2) is 3.75. The van der Waals surface area contributed by atoms with Gasteiger partial charge in [0, 0.05) is 19.8 Å². The summed E-state index contributed by atoms with van der Waals surface area (Å²) in [6.45, 7) is 1.80. The predicted octanol–water partition coefficient (Wildman–Crippen LogP) is 1.86. The Morgan fingerprint density at radius 2 is 1.85 bits per heavy atom. The lowest BCUT2D eigenvalue weighted by Crippen LogP contribution is -2.10. The summed E-state index contributed by atoms with van der Waals surface area (Å²) in [6, 6.07) is 5.30. The topological polar surface area (TPSA) is 37.4 Å². The van der Waals surface area contributed by atoms with E-state index in [9.17, 15) is 9.13 Å². The molecule has 0 saturated heterocycles. The Balaban J connectivity index is 3.20.